The Kier molecular flexibility index (Phi) is 7.05. The van der Waals surface area contributed by atoms with Crippen LogP contribution in [-0.4, -0.2) is 50.1 Å². The number of hydrogen-bond acceptors (Lipinski definition) is 4. The summed E-state index contributed by atoms with van der Waals surface area (Å²) in [6.07, 6.45) is 0.988. The van der Waals surface area contributed by atoms with E-state index >= 15 is 0 Å². The lowest BCUT2D eigenvalue weighted by Gasteiger charge is -2.27. The Labute approximate surface area is 126 Å². The molecule has 0 spiro atoms. The van der Waals surface area contributed by atoms with Crippen molar-refractivity contribution in [3.05, 3.63) is 23.2 Å². The molecule has 2 rings (SSSR count). The van der Waals surface area contributed by atoms with Crippen LogP contribution in [0.1, 0.15) is 28.3 Å². The van der Waals surface area contributed by atoms with Gasteiger partial charge in [-0.05, 0) is 32.9 Å². The van der Waals surface area contributed by atoms with Crippen LogP contribution >= 0.6 is 12.4 Å². The first-order valence-electron chi connectivity index (χ1n) is 6.95. The van der Waals surface area contributed by atoms with E-state index in [1.54, 1.807) is 6.07 Å². The van der Waals surface area contributed by atoms with Crippen LogP contribution in [0, 0.1) is 13.8 Å². The molecule has 0 saturated carbocycles. The molecule has 0 bridgehead atoms. The number of aryl methyl sites for hydroxylation is 2. The smallest absolute Gasteiger partial charge is 0.254 e. The number of furan rings is 1. The Balaban J connectivity index is 0.00000200. The summed E-state index contributed by atoms with van der Waals surface area (Å²) in [6.45, 7) is 9.79. The number of rotatable bonds is 5. The van der Waals surface area contributed by atoms with E-state index in [0.29, 0.717) is 17.9 Å². The van der Waals surface area contributed by atoms with Gasteiger partial charge in [-0.15, -0.1) is 12.4 Å². The highest BCUT2D eigenvalue weighted by molar-refractivity contribution is 5.95. The van der Waals surface area contributed by atoms with Gasteiger partial charge < -0.3 is 20.0 Å². The Bertz CT molecular complexity index is 428. The minimum absolute atomic E-state index is 0. The molecule has 1 aliphatic rings. The molecule has 114 valence electrons. The normalized spacial score (nSPS) is 15.7. The number of carbonyl (C=O) groups is 1. The maximum Gasteiger partial charge on any atom is 0.254 e. The molecule has 1 aromatic heterocycles. The molecule has 1 amide bonds. The van der Waals surface area contributed by atoms with Gasteiger partial charge in [-0.3, -0.25) is 4.79 Å². The minimum atomic E-state index is -0.0327. The molecule has 5 nitrogen and oxygen atoms in total. The lowest BCUT2D eigenvalue weighted by atomic mass is 10.2. The third-order valence-electron chi connectivity index (χ3n) is 3.43. The summed E-state index contributed by atoms with van der Waals surface area (Å²) in [5.41, 5.74) is 0.652. The topological polar surface area (TPSA) is 57.5 Å². The number of piperazine rings is 1. The van der Waals surface area contributed by atoms with Gasteiger partial charge in [0.2, 0.25) is 0 Å². The molecule has 0 atom stereocenters. The summed E-state index contributed by atoms with van der Waals surface area (Å²) in [4.78, 5) is 14.4. The SMILES string of the molecule is Cc1cc(C(=O)NCCCN2CCNCC2)c(C)o1.Cl. The third-order valence-corrected chi connectivity index (χ3v) is 3.43. The fourth-order valence-electron chi connectivity index (χ4n) is 2.39. The first-order chi connectivity index (χ1) is 9.16. The van der Waals surface area contributed by atoms with Crippen LogP contribution in [0.25, 0.3) is 0 Å². The number of hydrogen-bond donors (Lipinski definition) is 2. The first kappa shape index (κ1) is 17.0. The number of carbonyl (C=O) groups excluding carboxylic acids is 1. The molecule has 2 N–H and O–H groups in total. The summed E-state index contributed by atoms with van der Waals surface area (Å²) in [5, 5.41) is 6.28. The minimum Gasteiger partial charge on any atom is -0.466 e. The molecule has 0 radical (unpaired) electrons. The molecule has 2 heterocycles. The quantitative estimate of drug-likeness (QED) is 0.806. The fraction of sp³-hybridized carbons (Fsp3) is 0.643. The van der Waals surface area contributed by atoms with Crippen molar-refractivity contribution in [2.24, 2.45) is 0 Å². The van der Waals surface area contributed by atoms with Gasteiger partial charge in [0.05, 0.1) is 5.56 Å². The van der Waals surface area contributed by atoms with E-state index in [1.165, 1.54) is 0 Å². The van der Waals surface area contributed by atoms with E-state index in [0.717, 1.165) is 44.9 Å². The van der Waals surface area contributed by atoms with Gasteiger partial charge in [0.15, 0.2) is 0 Å². The predicted molar refractivity (Wildman–Crippen MR) is 81.7 cm³/mol. The van der Waals surface area contributed by atoms with Crippen LogP contribution in [0.3, 0.4) is 0 Å². The van der Waals surface area contributed by atoms with Crippen molar-refractivity contribution in [2.45, 2.75) is 20.3 Å². The summed E-state index contributed by atoms with van der Waals surface area (Å²) in [6, 6.07) is 1.79. The number of nitrogens with zero attached hydrogens (tertiary/aromatic N) is 1. The Hall–Kier alpha value is -1.04. The summed E-state index contributed by atoms with van der Waals surface area (Å²) < 4.78 is 5.36. The second-order valence-electron chi connectivity index (χ2n) is 5.03. The zero-order chi connectivity index (χ0) is 13.7. The second kappa shape index (κ2) is 8.29. The van der Waals surface area contributed by atoms with Crippen LogP contribution in [0.5, 0.6) is 0 Å². The average Bonchev–Trinajstić information content (AvgIpc) is 2.75. The average molecular weight is 302 g/mol. The highest BCUT2D eigenvalue weighted by Crippen LogP contribution is 2.13. The Morgan fingerprint density at radius 1 is 1.40 bits per heavy atom. The largest absolute Gasteiger partial charge is 0.466 e. The molecule has 1 fully saturated rings. The van der Waals surface area contributed by atoms with Gasteiger partial charge in [-0.25, -0.2) is 0 Å². The Morgan fingerprint density at radius 3 is 2.70 bits per heavy atom. The molecule has 1 aliphatic heterocycles. The lowest BCUT2D eigenvalue weighted by molar-refractivity contribution is 0.0949. The van der Waals surface area contributed by atoms with Crippen LogP contribution in [0.15, 0.2) is 10.5 Å². The molecular formula is C14H24ClN3O2. The van der Waals surface area contributed by atoms with E-state index in [1.807, 2.05) is 13.8 Å². The number of amides is 1. The zero-order valence-corrected chi connectivity index (χ0v) is 13.0. The maximum atomic E-state index is 11.9. The molecule has 0 aliphatic carbocycles. The van der Waals surface area contributed by atoms with E-state index in [2.05, 4.69) is 15.5 Å². The summed E-state index contributed by atoms with van der Waals surface area (Å²) in [7, 11) is 0. The van der Waals surface area contributed by atoms with Gasteiger partial charge in [0.1, 0.15) is 11.5 Å². The molecule has 6 heteroatoms. The fourth-order valence-corrected chi connectivity index (χ4v) is 2.39. The lowest BCUT2D eigenvalue weighted by Crippen LogP contribution is -2.44. The third kappa shape index (κ3) is 4.81. The van der Waals surface area contributed by atoms with Gasteiger partial charge in [-0.2, -0.15) is 0 Å². The standard InChI is InChI=1S/C14H23N3O2.ClH/c1-11-10-13(12(2)19-11)14(18)16-4-3-7-17-8-5-15-6-9-17;/h10,15H,3-9H2,1-2H3,(H,16,18);1H. The second-order valence-corrected chi connectivity index (χ2v) is 5.03. The van der Waals surface area contributed by atoms with Crippen molar-refractivity contribution < 1.29 is 9.21 Å². The predicted octanol–water partition coefficient (Wildman–Crippen LogP) is 1.34. The summed E-state index contributed by atoms with van der Waals surface area (Å²) >= 11 is 0. The van der Waals surface area contributed by atoms with Crippen molar-refractivity contribution >= 4 is 18.3 Å². The molecular weight excluding hydrogens is 278 g/mol. The van der Waals surface area contributed by atoms with Crippen LogP contribution in [0.2, 0.25) is 0 Å². The van der Waals surface area contributed by atoms with Crippen molar-refractivity contribution in [1.82, 2.24) is 15.5 Å². The molecule has 0 aromatic carbocycles. The van der Waals surface area contributed by atoms with Crippen molar-refractivity contribution in [1.29, 1.82) is 0 Å². The zero-order valence-electron chi connectivity index (χ0n) is 12.2. The van der Waals surface area contributed by atoms with Crippen molar-refractivity contribution in [3.8, 4) is 0 Å². The van der Waals surface area contributed by atoms with Crippen LogP contribution < -0.4 is 10.6 Å². The van der Waals surface area contributed by atoms with Gasteiger partial charge >= 0.3 is 0 Å². The molecule has 20 heavy (non-hydrogen) atoms. The van der Waals surface area contributed by atoms with E-state index in [4.69, 9.17) is 4.42 Å². The van der Waals surface area contributed by atoms with E-state index in [-0.39, 0.29) is 18.3 Å². The van der Waals surface area contributed by atoms with Crippen LogP contribution in [0.4, 0.5) is 0 Å². The number of nitrogens with one attached hydrogen (secondary N) is 2. The highest BCUT2D eigenvalue weighted by Gasteiger charge is 2.13. The monoisotopic (exact) mass is 301 g/mol. The van der Waals surface area contributed by atoms with E-state index in [9.17, 15) is 4.79 Å². The van der Waals surface area contributed by atoms with Gasteiger partial charge in [-0.1, -0.05) is 0 Å². The van der Waals surface area contributed by atoms with Gasteiger partial charge in [0.25, 0.3) is 5.91 Å². The summed E-state index contributed by atoms with van der Waals surface area (Å²) in [5.74, 6) is 1.44. The highest BCUT2D eigenvalue weighted by atomic mass is 35.5. The molecule has 1 saturated heterocycles. The van der Waals surface area contributed by atoms with Gasteiger partial charge in [0, 0.05) is 32.7 Å². The molecule has 1 aromatic rings. The molecule has 0 unspecified atom stereocenters. The van der Waals surface area contributed by atoms with Crippen molar-refractivity contribution in [2.75, 3.05) is 39.3 Å². The Morgan fingerprint density at radius 2 is 2.10 bits per heavy atom. The van der Waals surface area contributed by atoms with Crippen molar-refractivity contribution in [3.63, 3.8) is 0 Å². The maximum absolute atomic E-state index is 11.9. The number of halogens is 1. The van der Waals surface area contributed by atoms with Crippen LogP contribution in [-0.2, 0) is 0 Å². The van der Waals surface area contributed by atoms with E-state index < -0.39 is 0 Å². The first-order valence-corrected chi connectivity index (χ1v) is 6.95.